The molecule has 0 saturated heterocycles. The zero-order valence-electron chi connectivity index (χ0n) is 7.27. The van der Waals surface area contributed by atoms with Gasteiger partial charge in [0.15, 0.2) is 5.82 Å². The van der Waals surface area contributed by atoms with Gasteiger partial charge in [0.05, 0.1) is 17.2 Å². The Hall–Kier alpha value is -2.10. The minimum Gasteiger partial charge on any atom is -0.442 e. The SMILES string of the molecule is c1ccc2[nH]c(-c3ncco3)nc2c1. The van der Waals surface area contributed by atoms with Gasteiger partial charge in [-0.2, -0.15) is 0 Å². The predicted molar refractivity (Wildman–Crippen MR) is 51.6 cm³/mol. The van der Waals surface area contributed by atoms with Crippen molar-refractivity contribution in [3.63, 3.8) is 0 Å². The first-order chi connectivity index (χ1) is 6.93. The molecule has 1 N–H and O–H groups in total. The topological polar surface area (TPSA) is 54.7 Å². The Morgan fingerprint density at radius 3 is 2.93 bits per heavy atom. The molecule has 0 bridgehead atoms. The highest BCUT2D eigenvalue weighted by atomic mass is 16.3. The van der Waals surface area contributed by atoms with Gasteiger partial charge in [0.25, 0.3) is 5.89 Å². The van der Waals surface area contributed by atoms with E-state index < -0.39 is 0 Å². The minimum absolute atomic E-state index is 0.515. The van der Waals surface area contributed by atoms with Gasteiger partial charge in [-0.1, -0.05) is 12.1 Å². The lowest BCUT2D eigenvalue weighted by molar-refractivity contribution is 0.570. The highest BCUT2D eigenvalue weighted by Gasteiger charge is 2.07. The Bertz CT molecular complexity index is 521. The van der Waals surface area contributed by atoms with E-state index in [1.54, 1.807) is 6.20 Å². The standard InChI is InChI=1S/C10H7N3O/c1-2-4-8-7(3-1)12-9(13-8)10-11-5-6-14-10/h1-6H,(H,12,13). The van der Waals surface area contributed by atoms with Crippen molar-refractivity contribution in [3.8, 4) is 11.7 Å². The Morgan fingerprint density at radius 2 is 2.14 bits per heavy atom. The largest absolute Gasteiger partial charge is 0.442 e. The fourth-order valence-electron chi connectivity index (χ4n) is 1.39. The number of hydrogen-bond acceptors (Lipinski definition) is 3. The number of oxazole rings is 1. The van der Waals surface area contributed by atoms with Crippen LogP contribution in [0, 0.1) is 0 Å². The monoisotopic (exact) mass is 185 g/mol. The van der Waals surface area contributed by atoms with Gasteiger partial charge >= 0.3 is 0 Å². The van der Waals surface area contributed by atoms with Crippen LogP contribution in [0.3, 0.4) is 0 Å². The number of aromatic amines is 1. The second kappa shape index (κ2) is 2.70. The molecule has 0 atom stereocenters. The number of rotatable bonds is 1. The lowest BCUT2D eigenvalue weighted by Gasteiger charge is -1.84. The molecule has 2 aromatic heterocycles. The van der Waals surface area contributed by atoms with Crippen molar-refractivity contribution >= 4 is 11.0 Å². The molecule has 0 aliphatic carbocycles. The van der Waals surface area contributed by atoms with E-state index in [1.807, 2.05) is 24.3 Å². The van der Waals surface area contributed by atoms with Crippen molar-refractivity contribution in [2.75, 3.05) is 0 Å². The van der Waals surface area contributed by atoms with Crippen LogP contribution in [0.15, 0.2) is 41.1 Å². The van der Waals surface area contributed by atoms with E-state index in [0.29, 0.717) is 11.7 Å². The first kappa shape index (κ1) is 7.32. The lowest BCUT2D eigenvalue weighted by atomic mass is 10.3. The average molecular weight is 185 g/mol. The van der Waals surface area contributed by atoms with E-state index in [4.69, 9.17) is 4.42 Å². The van der Waals surface area contributed by atoms with Crippen LogP contribution in [0.2, 0.25) is 0 Å². The van der Waals surface area contributed by atoms with Crippen LogP contribution < -0.4 is 0 Å². The second-order valence-corrected chi connectivity index (χ2v) is 2.94. The molecule has 0 amide bonds. The number of nitrogens with one attached hydrogen (secondary N) is 1. The average Bonchev–Trinajstić information content (AvgIpc) is 2.86. The van der Waals surface area contributed by atoms with Crippen molar-refractivity contribution in [2.45, 2.75) is 0 Å². The molecule has 68 valence electrons. The van der Waals surface area contributed by atoms with Gasteiger partial charge in [0, 0.05) is 0 Å². The van der Waals surface area contributed by atoms with E-state index in [2.05, 4.69) is 15.0 Å². The van der Waals surface area contributed by atoms with E-state index >= 15 is 0 Å². The van der Waals surface area contributed by atoms with Crippen LogP contribution in [0.4, 0.5) is 0 Å². The van der Waals surface area contributed by atoms with Gasteiger partial charge in [-0.15, -0.1) is 0 Å². The minimum atomic E-state index is 0.515. The van der Waals surface area contributed by atoms with Crippen LogP contribution >= 0.6 is 0 Å². The summed E-state index contributed by atoms with van der Waals surface area (Å²) in [6, 6.07) is 7.81. The first-order valence-electron chi connectivity index (χ1n) is 4.28. The molecule has 0 unspecified atom stereocenters. The zero-order valence-corrected chi connectivity index (χ0v) is 7.27. The van der Waals surface area contributed by atoms with E-state index in [-0.39, 0.29) is 0 Å². The van der Waals surface area contributed by atoms with Crippen LogP contribution in [0.5, 0.6) is 0 Å². The summed E-state index contributed by atoms with van der Waals surface area (Å²) in [5.41, 5.74) is 1.90. The fourth-order valence-corrected chi connectivity index (χ4v) is 1.39. The van der Waals surface area contributed by atoms with Crippen LogP contribution in [0.1, 0.15) is 0 Å². The third kappa shape index (κ3) is 1.01. The highest BCUT2D eigenvalue weighted by Crippen LogP contribution is 2.17. The normalized spacial score (nSPS) is 10.9. The molecule has 0 spiro atoms. The van der Waals surface area contributed by atoms with E-state index in [9.17, 15) is 0 Å². The number of hydrogen-bond donors (Lipinski definition) is 1. The summed E-state index contributed by atoms with van der Waals surface area (Å²) >= 11 is 0. The number of nitrogens with zero attached hydrogens (tertiary/aromatic N) is 2. The van der Waals surface area contributed by atoms with Crippen molar-refractivity contribution in [1.29, 1.82) is 0 Å². The quantitative estimate of drug-likeness (QED) is 0.632. The highest BCUT2D eigenvalue weighted by molar-refractivity contribution is 5.77. The maximum atomic E-state index is 5.14. The van der Waals surface area contributed by atoms with Crippen molar-refractivity contribution in [3.05, 3.63) is 36.7 Å². The number of aromatic nitrogens is 3. The third-order valence-electron chi connectivity index (χ3n) is 2.02. The van der Waals surface area contributed by atoms with Crippen LogP contribution in [-0.2, 0) is 0 Å². The molecule has 0 saturated carbocycles. The Kier molecular flexibility index (Phi) is 1.41. The molecular formula is C10H7N3O. The summed E-state index contributed by atoms with van der Waals surface area (Å²) in [5, 5.41) is 0. The van der Waals surface area contributed by atoms with Crippen LogP contribution in [-0.4, -0.2) is 15.0 Å². The molecule has 4 nitrogen and oxygen atoms in total. The summed E-state index contributed by atoms with van der Waals surface area (Å²) in [7, 11) is 0. The van der Waals surface area contributed by atoms with Crippen molar-refractivity contribution in [2.24, 2.45) is 0 Å². The Balaban J connectivity index is 2.24. The Morgan fingerprint density at radius 1 is 1.21 bits per heavy atom. The van der Waals surface area contributed by atoms with Gasteiger partial charge in [-0.25, -0.2) is 9.97 Å². The van der Waals surface area contributed by atoms with Crippen molar-refractivity contribution in [1.82, 2.24) is 15.0 Å². The number of fused-ring (bicyclic) bond motifs is 1. The number of imidazole rings is 1. The molecule has 3 aromatic rings. The molecule has 2 heterocycles. The van der Waals surface area contributed by atoms with Gasteiger partial charge in [0.2, 0.25) is 0 Å². The summed E-state index contributed by atoms with van der Waals surface area (Å²) < 4.78 is 5.14. The molecule has 3 rings (SSSR count). The number of benzene rings is 1. The zero-order chi connectivity index (χ0) is 9.38. The van der Waals surface area contributed by atoms with Gasteiger partial charge < -0.3 is 9.40 Å². The predicted octanol–water partition coefficient (Wildman–Crippen LogP) is 2.22. The summed E-state index contributed by atoms with van der Waals surface area (Å²) in [6.45, 7) is 0. The summed E-state index contributed by atoms with van der Waals surface area (Å²) in [5.74, 6) is 1.18. The molecule has 14 heavy (non-hydrogen) atoms. The molecular weight excluding hydrogens is 178 g/mol. The smallest absolute Gasteiger partial charge is 0.262 e. The molecule has 0 aliphatic heterocycles. The third-order valence-corrected chi connectivity index (χ3v) is 2.02. The maximum absolute atomic E-state index is 5.14. The lowest BCUT2D eigenvalue weighted by Crippen LogP contribution is -1.77. The fraction of sp³-hybridized carbons (Fsp3) is 0. The first-order valence-corrected chi connectivity index (χ1v) is 4.28. The molecule has 0 radical (unpaired) electrons. The van der Waals surface area contributed by atoms with E-state index in [1.165, 1.54) is 6.26 Å². The molecule has 4 heteroatoms. The summed E-state index contributed by atoms with van der Waals surface area (Å²) in [6.07, 6.45) is 3.13. The second-order valence-electron chi connectivity index (χ2n) is 2.94. The maximum Gasteiger partial charge on any atom is 0.262 e. The molecule has 1 aromatic carbocycles. The van der Waals surface area contributed by atoms with Gasteiger partial charge in [0.1, 0.15) is 6.26 Å². The number of H-pyrrole nitrogens is 1. The van der Waals surface area contributed by atoms with E-state index in [0.717, 1.165) is 11.0 Å². The van der Waals surface area contributed by atoms with Gasteiger partial charge in [-0.3, -0.25) is 0 Å². The molecule has 0 aliphatic rings. The Labute approximate surface area is 79.6 Å². The molecule has 0 fully saturated rings. The van der Waals surface area contributed by atoms with Gasteiger partial charge in [-0.05, 0) is 12.1 Å². The van der Waals surface area contributed by atoms with Crippen LogP contribution in [0.25, 0.3) is 22.7 Å². The number of para-hydroxylation sites is 2. The summed E-state index contributed by atoms with van der Waals surface area (Å²) in [4.78, 5) is 11.5. The van der Waals surface area contributed by atoms with Crippen molar-refractivity contribution < 1.29 is 4.42 Å².